The molecule has 0 amide bonds. The molecule has 1 aromatic carbocycles. The second-order valence-electron chi connectivity index (χ2n) is 5.19. The minimum Gasteiger partial charge on any atom is -0.543 e. The molecule has 3 rings (SSSR count). The molecule has 0 saturated heterocycles. The highest BCUT2D eigenvalue weighted by atomic mass is 35.5. The quantitative estimate of drug-likeness (QED) is 0.909. The molecular weight excluding hydrogens is 335 g/mol. The number of carboxylic acid groups (broad SMARTS) is 1. The Labute approximate surface area is 133 Å². The maximum atomic E-state index is 13.3. The van der Waals surface area contributed by atoms with Crippen molar-refractivity contribution in [2.45, 2.75) is 24.7 Å². The third-order valence-electron chi connectivity index (χ3n) is 3.67. The van der Waals surface area contributed by atoms with Crippen LogP contribution in [0.1, 0.15) is 34.6 Å². The third-order valence-corrected chi connectivity index (χ3v) is 3.92. The summed E-state index contributed by atoms with van der Waals surface area (Å²) in [6, 6.07) is 4.89. The van der Waals surface area contributed by atoms with Crippen LogP contribution in [0, 0.1) is 0 Å². The SMILES string of the molecule is O=C([O-])c1cc2n(n1)C(C(F)(F)F)CC(c1ccc(Cl)cc1)N2. The van der Waals surface area contributed by atoms with Crippen molar-refractivity contribution in [2.24, 2.45) is 0 Å². The highest BCUT2D eigenvalue weighted by molar-refractivity contribution is 6.30. The molecule has 2 aromatic rings. The number of fused-ring (bicyclic) bond motifs is 1. The van der Waals surface area contributed by atoms with Crippen LogP contribution in [-0.4, -0.2) is 21.9 Å². The van der Waals surface area contributed by atoms with E-state index >= 15 is 0 Å². The van der Waals surface area contributed by atoms with E-state index in [-0.39, 0.29) is 12.2 Å². The summed E-state index contributed by atoms with van der Waals surface area (Å²) in [7, 11) is 0. The number of aromatic nitrogens is 2. The topological polar surface area (TPSA) is 70.0 Å². The van der Waals surface area contributed by atoms with Gasteiger partial charge in [0.2, 0.25) is 0 Å². The van der Waals surface area contributed by atoms with Gasteiger partial charge in [-0.25, -0.2) is 4.68 Å². The van der Waals surface area contributed by atoms with Gasteiger partial charge in [0.25, 0.3) is 0 Å². The number of aromatic carboxylic acids is 1. The maximum Gasteiger partial charge on any atom is 0.410 e. The number of carboxylic acids is 1. The third kappa shape index (κ3) is 2.98. The van der Waals surface area contributed by atoms with E-state index in [0.29, 0.717) is 15.3 Å². The molecular formula is C14H10ClF3N3O2-. The van der Waals surface area contributed by atoms with Crippen LogP contribution in [0.4, 0.5) is 19.0 Å². The van der Waals surface area contributed by atoms with E-state index in [1.54, 1.807) is 24.3 Å². The molecule has 0 saturated carbocycles. The summed E-state index contributed by atoms with van der Waals surface area (Å²) in [5.41, 5.74) is 0.0737. The Morgan fingerprint density at radius 3 is 2.57 bits per heavy atom. The van der Waals surface area contributed by atoms with Crippen molar-refractivity contribution in [1.29, 1.82) is 0 Å². The minimum absolute atomic E-state index is 0.0160. The van der Waals surface area contributed by atoms with E-state index in [1.165, 1.54) is 0 Å². The van der Waals surface area contributed by atoms with Gasteiger partial charge in [0.1, 0.15) is 11.5 Å². The molecule has 0 fully saturated rings. The number of nitrogens with zero attached hydrogens (tertiary/aromatic N) is 2. The molecule has 5 nitrogen and oxygen atoms in total. The summed E-state index contributed by atoms with van der Waals surface area (Å²) >= 11 is 5.78. The molecule has 122 valence electrons. The van der Waals surface area contributed by atoms with E-state index in [2.05, 4.69) is 10.4 Å². The Morgan fingerprint density at radius 2 is 2.00 bits per heavy atom. The van der Waals surface area contributed by atoms with Gasteiger partial charge in [-0.3, -0.25) is 0 Å². The Morgan fingerprint density at radius 1 is 1.35 bits per heavy atom. The number of carbonyl (C=O) groups is 1. The summed E-state index contributed by atoms with van der Waals surface area (Å²) in [6.07, 6.45) is -4.87. The number of hydrogen-bond acceptors (Lipinski definition) is 4. The number of halogens is 4. The molecule has 1 aliphatic heterocycles. The normalized spacial score (nSPS) is 20.7. The first-order valence-corrected chi connectivity index (χ1v) is 7.03. The van der Waals surface area contributed by atoms with Crippen molar-refractivity contribution >= 4 is 23.4 Å². The molecule has 9 heteroatoms. The second kappa shape index (κ2) is 5.45. The molecule has 1 N–H and O–H groups in total. The van der Waals surface area contributed by atoms with Gasteiger partial charge in [-0.05, 0) is 17.7 Å². The fourth-order valence-corrected chi connectivity index (χ4v) is 2.71. The smallest absolute Gasteiger partial charge is 0.410 e. The van der Waals surface area contributed by atoms with Gasteiger partial charge < -0.3 is 15.2 Å². The van der Waals surface area contributed by atoms with Gasteiger partial charge in [-0.15, -0.1) is 0 Å². The Balaban J connectivity index is 2.01. The molecule has 0 radical (unpaired) electrons. The molecule has 0 bridgehead atoms. The maximum absolute atomic E-state index is 13.3. The molecule has 23 heavy (non-hydrogen) atoms. The number of alkyl halides is 3. The lowest BCUT2D eigenvalue weighted by Crippen LogP contribution is -2.35. The van der Waals surface area contributed by atoms with Crippen molar-refractivity contribution in [3.05, 3.63) is 46.6 Å². The number of hydrogen-bond donors (Lipinski definition) is 1. The van der Waals surface area contributed by atoms with Crippen molar-refractivity contribution in [3.8, 4) is 0 Å². The van der Waals surface area contributed by atoms with Crippen LogP contribution in [0.15, 0.2) is 30.3 Å². The van der Waals surface area contributed by atoms with Crippen LogP contribution in [0.3, 0.4) is 0 Å². The molecule has 1 aliphatic rings. The molecule has 0 spiro atoms. The summed E-state index contributed by atoms with van der Waals surface area (Å²) in [6.45, 7) is 0. The van der Waals surface area contributed by atoms with Gasteiger partial charge in [-0.1, -0.05) is 23.7 Å². The largest absolute Gasteiger partial charge is 0.543 e. The monoisotopic (exact) mass is 344 g/mol. The number of carbonyl (C=O) groups excluding carboxylic acids is 1. The highest BCUT2D eigenvalue weighted by Gasteiger charge is 2.46. The van der Waals surface area contributed by atoms with E-state index < -0.39 is 29.9 Å². The van der Waals surface area contributed by atoms with Crippen LogP contribution in [0.25, 0.3) is 0 Å². The first kappa shape index (κ1) is 15.7. The zero-order valence-corrected chi connectivity index (χ0v) is 12.2. The lowest BCUT2D eigenvalue weighted by molar-refractivity contribution is -0.255. The first-order valence-electron chi connectivity index (χ1n) is 6.65. The minimum atomic E-state index is -4.56. The average molecular weight is 345 g/mol. The fraction of sp³-hybridized carbons (Fsp3) is 0.286. The van der Waals surface area contributed by atoms with Crippen molar-refractivity contribution in [3.63, 3.8) is 0 Å². The van der Waals surface area contributed by atoms with Gasteiger partial charge in [0.05, 0.1) is 12.0 Å². The highest BCUT2D eigenvalue weighted by Crippen LogP contribution is 2.43. The van der Waals surface area contributed by atoms with Gasteiger partial charge >= 0.3 is 6.18 Å². The zero-order chi connectivity index (χ0) is 16.8. The first-order chi connectivity index (χ1) is 10.8. The lowest BCUT2D eigenvalue weighted by atomic mass is 9.97. The summed E-state index contributed by atoms with van der Waals surface area (Å²) in [5.74, 6) is -1.64. The predicted octanol–water partition coefficient (Wildman–Crippen LogP) is 2.56. The van der Waals surface area contributed by atoms with Crippen LogP contribution >= 0.6 is 11.6 Å². The molecule has 1 aromatic heterocycles. The van der Waals surface area contributed by atoms with Gasteiger partial charge in [0, 0.05) is 17.5 Å². The van der Waals surface area contributed by atoms with E-state index in [0.717, 1.165) is 6.07 Å². The van der Waals surface area contributed by atoms with Crippen LogP contribution in [0.5, 0.6) is 0 Å². The molecule has 2 atom stereocenters. The van der Waals surface area contributed by atoms with Crippen molar-refractivity contribution in [1.82, 2.24) is 9.78 Å². The number of anilines is 1. The number of nitrogens with one attached hydrogen (secondary N) is 1. The Hall–Kier alpha value is -2.22. The molecule has 2 heterocycles. The number of benzene rings is 1. The number of rotatable bonds is 2. The van der Waals surface area contributed by atoms with E-state index in [4.69, 9.17) is 11.6 Å². The zero-order valence-electron chi connectivity index (χ0n) is 11.5. The second-order valence-corrected chi connectivity index (χ2v) is 5.62. The van der Waals surface area contributed by atoms with Crippen molar-refractivity contribution < 1.29 is 23.1 Å². The Bertz CT molecular complexity index is 743. The molecule has 0 aliphatic carbocycles. The predicted molar refractivity (Wildman–Crippen MR) is 74.1 cm³/mol. The van der Waals surface area contributed by atoms with E-state index in [9.17, 15) is 23.1 Å². The summed E-state index contributed by atoms with van der Waals surface area (Å²) < 4.78 is 40.6. The van der Waals surface area contributed by atoms with Crippen LogP contribution in [-0.2, 0) is 0 Å². The average Bonchev–Trinajstić information content (AvgIpc) is 2.90. The van der Waals surface area contributed by atoms with Crippen LogP contribution in [0.2, 0.25) is 5.02 Å². The standard InChI is InChI=1S/C14H11ClF3N3O2/c15-8-3-1-7(2-4-8)9-5-11(14(16,17)18)21-12(19-9)6-10(20-21)13(22)23/h1-4,6,9,11,19H,5H2,(H,22,23)/p-1. The van der Waals surface area contributed by atoms with E-state index in [1.807, 2.05) is 0 Å². The Kier molecular flexibility index (Phi) is 3.71. The van der Waals surface area contributed by atoms with Crippen LogP contribution < -0.4 is 10.4 Å². The van der Waals surface area contributed by atoms with Gasteiger partial charge in [0.15, 0.2) is 6.04 Å². The van der Waals surface area contributed by atoms with Gasteiger partial charge in [-0.2, -0.15) is 18.3 Å². The molecule has 2 unspecified atom stereocenters. The summed E-state index contributed by atoms with van der Waals surface area (Å²) in [4.78, 5) is 10.9. The van der Waals surface area contributed by atoms with Crippen molar-refractivity contribution in [2.75, 3.05) is 5.32 Å². The summed E-state index contributed by atoms with van der Waals surface area (Å²) in [5, 5.41) is 17.7. The lowest BCUT2D eigenvalue weighted by Gasteiger charge is -2.33. The fourth-order valence-electron chi connectivity index (χ4n) is 2.59.